The van der Waals surface area contributed by atoms with Crippen LogP contribution in [0.25, 0.3) is 23.0 Å². The second kappa shape index (κ2) is 5.25. The maximum atomic E-state index is 5.90. The highest BCUT2D eigenvalue weighted by Crippen LogP contribution is 2.32. The van der Waals surface area contributed by atoms with E-state index in [0.717, 1.165) is 24.1 Å². The monoisotopic (exact) mass is 314 g/mol. The molecule has 0 spiro atoms. The predicted octanol–water partition coefficient (Wildman–Crippen LogP) is 3.90. The van der Waals surface area contributed by atoms with Crippen LogP contribution in [0, 0.1) is 5.92 Å². The molecule has 1 atom stereocenters. The summed E-state index contributed by atoms with van der Waals surface area (Å²) in [5.74, 6) is 1.67. The number of hydrogen-bond donors (Lipinski definition) is 1. The average molecular weight is 315 g/mol. The average Bonchev–Trinajstić information content (AvgIpc) is 3.14. The lowest BCUT2D eigenvalue weighted by molar-refractivity contribution is 0.429. The number of hydrogen-bond acceptors (Lipinski definition) is 4. The van der Waals surface area contributed by atoms with Crippen LogP contribution >= 0.6 is 11.6 Å². The fourth-order valence-corrected chi connectivity index (χ4v) is 3.01. The molecule has 0 amide bonds. The van der Waals surface area contributed by atoms with Gasteiger partial charge in [0, 0.05) is 21.8 Å². The molecule has 0 aliphatic heterocycles. The Morgan fingerprint density at radius 2 is 2.09 bits per heavy atom. The zero-order chi connectivity index (χ0) is 15.1. The van der Waals surface area contributed by atoms with E-state index in [9.17, 15) is 0 Å². The van der Waals surface area contributed by atoms with Crippen LogP contribution in [0.5, 0.6) is 0 Å². The van der Waals surface area contributed by atoms with Crippen LogP contribution in [0.3, 0.4) is 0 Å². The van der Waals surface area contributed by atoms with E-state index in [4.69, 9.17) is 16.1 Å². The van der Waals surface area contributed by atoms with Crippen molar-refractivity contribution in [2.45, 2.75) is 26.2 Å². The fourth-order valence-electron chi connectivity index (χ4n) is 2.88. The lowest BCUT2D eigenvalue weighted by Crippen LogP contribution is -2.10. The Labute approximate surface area is 132 Å². The van der Waals surface area contributed by atoms with Gasteiger partial charge in [0.1, 0.15) is 0 Å². The van der Waals surface area contributed by atoms with Crippen molar-refractivity contribution in [3.05, 3.63) is 40.5 Å². The molecule has 3 aromatic rings. The molecule has 0 bridgehead atoms. The number of nitrogens with zero attached hydrogens (tertiary/aromatic N) is 3. The molecule has 6 heteroatoms. The summed E-state index contributed by atoms with van der Waals surface area (Å²) in [7, 11) is 0. The molecule has 0 saturated heterocycles. The molecule has 1 N–H and O–H groups in total. The van der Waals surface area contributed by atoms with E-state index in [1.165, 1.54) is 17.7 Å². The van der Waals surface area contributed by atoms with Gasteiger partial charge in [0.05, 0.1) is 0 Å². The number of aromatic nitrogens is 4. The number of rotatable bonds is 2. The van der Waals surface area contributed by atoms with E-state index >= 15 is 0 Å². The molecule has 1 aromatic carbocycles. The largest absolute Gasteiger partial charge is 0.332 e. The molecule has 2 heterocycles. The topological polar surface area (TPSA) is 67.6 Å². The Balaban J connectivity index is 1.70. The zero-order valence-electron chi connectivity index (χ0n) is 12.1. The van der Waals surface area contributed by atoms with Crippen molar-refractivity contribution in [1.82, 2.24) is 20.3 Å². The first kappa shape index (κ1) is 13.5. The number of aryl methyl sites for hydroxylation is 1. The molecule has 0 saturated carbocycles. The zero-order valence-corrected chi connectivity index (χ0v) is 12.9. The van der Waals surface area contributed by atoms with Gasteiger partial charge in [-0.3, -0.25) is 5.10 Å². The minimum Gasteiger partial charge on any atom is -0.332 e. The fraction of sp³-hybridized carbons (Fsp3) is 0.312. The highest BCUT2D eigenvalue weighted by Gasteiger charge is 2.25. The standard InChI is InChI=1S/C16H15ClN4O/c1-9-2-7-13-12(8-9)14(20-19-13)16-18-15(21-22-16)10-3-5-11(17)6-4-10/h3-6,9H,2,7-8H2,1H3,(H,19,20)/t9-/m0/s1. The van der Waals surface area contributed by atoms with Crippen molar-refractivity contribution >= 4 is 11.6 Å². The van der Waals surface area contributed by atoms with Gasteiger partial charge in [-0.2, -0.15) is 10.1 Å². The lowest BCUT2D eigenvalue weighted by atomic mass is 9.88. The summed E-state index contributed by atoms with van der Waals surface area (Å²) in [4.78, 5) is 4.48. The van der Waals surface area contributed by atoms with Gasteiger partial charge < -0.3 is 4.52 Å². The number of fused-ring (bicyclic) bond motifs is 1. The highest BCUT2D eigenvalue weighted by atomic mass is 35.5. The first-order valence-corrected chi connectivity index (χ1v) is 7.74. The van der Waals surface area contributed by atoms with E-state index in [2.05, 4.69) is 27.3 Å². The third kappa shape index (κ3) is 2.31. The lowest BCUT2D eigenvalue weighted by Gasteiger charge is -2.17. The Hall–Kier alpha value is -2.14. The molecule has 1 aliphatic rings. The first-order chi connectivity index (χ1) is 10.7. The minimum atomic E-state index is 0.469. The van der Waals surface area contributed by atoms with Crippen molar-refractivity contribution < 1.29 is 4.52 Å². The molecule has 1 aliphatic carbocycles. The highest BCUT2D eigenvalue weighted by molar-refractivity contribution is 6.30. The van der Waals surface area contributed by atoms with Gasteiger partial charge in [-0.1, -0.05) is 23.7 Å². The molecule has 0 unspecified atom stereocenters. The van der Waals surface area contributed by atoms with Gasteiger partial charge in [0.15, 0.2) is 5.69 Å². The predicted molar refractivity (Wildman–Crippen MR) is 83.5 cm³/mol. The van der Waals surface area contributed by atoms with Gasteiger partial charge in [-0.25, -0.2) is 0 Å². The maximum absolute atomic E-state index is 5.90. The van der Waals surface area contributed by atoms with Gasteiger partial charge in [-0.15, -0.1) is 0 Å². The molecule has 2 aromatic heterocycles. The number of H-pyrrole nitrogens is 1. The maximum Gasteiger partial charge on any atom is 0.279 e. The smallest absolute Gasteiger partial charge is 0.279 e. The summed E-state index contributed by atoms with van der Waals surface area (Å²) >= 11 is 5.90. The number of nitrogens with one attached hydrogen (secondary N) is 1. The summed E-state index contributed by atoms with van der Waals surface area (Å²) in [5.41, 5.74) is 4.07. The SMILES string of the molecule is C[C@H]1CCc2[nH]nc(-c3nc(-c4ccc(Cl)cc4)no3)c2C1. The van der Waals surface area contributed by atoms with E-state index in [1.54, 1.807) is 0 Å². The second-order valence-corrected chi connectivity index (χ2v) is 6.24. The Bertz CT molecular complexity index is 806. The van der Waals surface area contributed by atoms with E-state index in [1.807, 2.05) is 24.3 Å². The molecule has 5 nitrogen and oxygen atoms in total. The summed E-state index contributed by atoms with van der Waals surface area (Å²) in [6.45, 7) is 2.26. The third-order valence-corrected chi connectivity index (χ3v) is 4.38. The van der Waals surface area contributed by atoms with Crippen LogP contribution in [0.2, 0.25) is 5.02 Å². The molecular formula is C16H15ClN4O. The van der Waals surface area contributed by atoms with Crippen LogP contribution in [-0.2, 0) is 12.8 Å². The van der Waals surface area contributed by atoms with E-state index in [0.29, 0.717) is 22.7 Å². The van der Waals surface area contributed by atoms with Crippen molar-refractivity contribution in [1.29, 1.82) is 0 Å². The summed E-state index contributed by atoms with van der Waals surface area (Å²) in [5, 5.41) is 12.2. The number of benzene rings is 1. The summed E-state index contributed by atoms with van der Waals surface area (Å²) in [6.07, 6.45) is 3.22. The van der Waals surface area contributed by atoms with Crippen LogP contribution in [-0.4, -0.2) is 20.3 Å². The van der Waals surface area contributed by atoms with Crippen LogP contribution < -0.4 is 0 Å². The second-order valence-electron chi connectivity index (χ2n) is 5.81. The third-order valence-electron chi connectivity index (χ3n) is 4.12. The van der Waals surface area contributed by atoms with Crippen LogP contribution in [0.1, 0.15) is 24.6 Å². The minimum absolute atomic E-state index is 0.469. The summed E-state index contributed by atoms with van der Waals surface area (Å²) in [6, 6.07) is 7.37. The van der Waals surface area contributed by atoms with Gasteiger partial charge >= 0.3 is 0 Å². The van der Waals surface area contributed by atoms with E-state index in [-0.39, 0.29) is 0 Å². The molecule has 0 radical (unpaired) electrons. The quantitative estimate of drug-likeness (QED) is 0.779. The Kier molecular flexibility index (Phi) is 3.22. The number of halogens is 1. The van der Waals surface area contributed by atoms with Gasteiger partial charge in [0.2, 0.25) is 5.82 Å². The van der Waals surface area contributed by atoms with Crippen molar-refractivity contribution in [3.8, 4) is 23.0 Å². The van der Waals surface area contributed by atoms with Crippen molar-refractivity contribution in [3.63, 3.8) is 0 Å². The molecule has 112 valence electrons. The molecule has 0 fully saturated rings. The van der Waals surface area contributed by atoms with E-state index < -0.39 is 0 Å². The van der Waals surface area contributed by atoms with Crippen molar-refractivity contribution in [2.75, 3.05) is 0 Å². The molecular weight excluding hydrogens is 300 g/mol. The van der Waals surface area contributed by atoms with Gasteiger partial charge in [-0.05, 0) is 49.4 Å². The normalized spacial score (nSPS) is 17.5. The van der Waals surface area contributed by atoms with Crippen LogP contribution in [0.15, 0.2) is 28.8 Å². The molecule has 4 rings (SSSR count). The summed E-state index contributed by atoms with van der Waals surface area (Å²) < 4.78 is 5.42. The van der Waals surface area contributed by atoms with Crippen molar-refractivity contribution in [2.24, 2.45) is 5.92 Å². The number of aromatic amines is 1. The Morgan fingerprint density at radius 1 is 1.27 bits per heavy atom. The Morgan fingerprint density at radius 3 is 2.91 bits per heavy atom. The first-order valence-electron chi connectivity index (χ1n) is 7.37. The molecule has 22 heavy (non-hydrogen) atoms. The van der Waals surface area contributed by atoms with Crippen LogP contribution in [0.4, 0.5) is 0 Å². The van der Waals surface area contributed by atoms with Gasteiger partial charge in [0.25, 0.3) is 5.89 Å².